The molecule has 118 valence electrons. The van der Waals surface area contributed by atoms with E-state index in [1.54, 1.807) is 0 Å². The first-order chi connectivity index (χ1) is 10.1. The Bertz CT molecular complexity index is 412. The van der Waals surface area contributed by atoms with Crippen LogP contribution in [0.5, 0.6) is 5.75 Å². The third-order valence-corrected chi connectivity index (χ3v) is 3.91. The maximum atomic E-state index is 12.7. The van der Waals surface area contributed by atoms with Crippen LogP contribution >= 0.6 is 0 Å². The van der Waals surface area contributed by atoms with Crippen molar-refractivity contribution >= 4 is 0 Å². The summed E-state index contributed by atoms with van der Waals surface area (Å²) in [5, 5.41) is 22.9. The van der Waals surface area contributed by atoms with Crippen LogP contribution in [0.1, 0.15) is 25.7 Å². The third kappa shape index (κ3) is 5.61. The molecule has 3 atom stereocenters. The molecule has 1 aromatic carbocycles. The Kier molecular flexibility index (Phi) is 6.42. The summed E-state index contributed by atoms with van der Waals surface area (Å²) in [4.78, 5) is 0. The molecule has 0 heterocycles. The third-order valence-electron chi connectivity index (χ3n) is 3.91. The van der Waals surface area contributed by atoms with E-state index < -0.39 is 6.10 Å². The normalized spacial score (nSPS) is 23.8. The summed E-state index contributed by atoms with van der Waals surface area (Å²) in [6.45, 7) is 1.30. The lowest BCUT2D eigenvalue weighted by Gasteiger charge is -2.28. The second kappa shape index (κ2) is 8.32. The minimum absolute atomic E-state index is 0.159. The molecule has 1 aromatic rings. The standard InChI is InChI=1S/C16H24FNO3/c17-13-5-7-15(8-6-13)21-11-14(19)10-18-9-12-3-1-2-4-16(12)20/h5-8,12,14,16,18-20H,1-4,9-11H2. The molecule has 0 aromatic heterocycles. The van der Waals surface area contributed by atoms with Gasteiger partial charge in [0, 0.05) is 13.1 Å². The van der Waals surface area contributed by atoms with Crippen LogP contribution < -0.4 is 10.1 Å². The number of hydrogen-bond acceptors (Lipinski definition) is 4. The van der Waals surface area contributed by atoms with Crippen molar-refractivity contribution < 1.29 is 19.3 Å². The second-order valence-corrected chi connectivity index (χ2v) is 5.69. The highest BCUT2D eigenvalue weighted by atomic mass is 19.1. The van der Waals surface area contributed by atoms with Gasteiger partial charge in [0.05, 0.1) is 6.10 Å². The monoisotopic (exact) mass is 297 g/mol. The minimum atomic E-state index is -0.629. The topological polar surface area (TPSA) is 61.7 Å². The number of aliphatic hydroxyl groups excluding tert-OH is 2. The lowest BCUT2D eigenvalue weighted by Crippen LogP contribution is -2.38. The van der Waals surface area contributed by atoms with Gasteiger partial charge in [-0.3, -0.25) is 0 Å². The summed E-state index contributed by atoms with van der Waals surface area (Å²) >= 11 is 0. The Hall–Kier alpha value is -1.17. The number of rotatable bonds is 7. The highest BCUT2D eigenvalue weighted by Gasteiger charge is 2.22. The van der Waals surface area contributed by atoms with Crippen LogP contribution in [0.4, 0.5) is 4.39 Å². The fraction of sp³-hybridized carbons (Fsp3) is 0.625. The molecule has 2 rings (SSSR count). The van der Waals surface area contributed by atoms with Gasteiger partial charge in [0.1, 0.15) is 24.3 Å². The molecule has 0 bridgehead atoms. The highest BCUT2D eigenvalue weighted by molar-refractivity contribution is 5.22. The summed E-state index contributed by atoms with van der Waals surface area (Å²) in [5.74, 6) is 0.512. The molecule has 1 saturated carbocycles. The molecule has 1 fully saturated rings. The van der Waals surface area contributed by atoms with Crippen molar-refractivity contribution in [2.24, 2.45) is 5.92 Å². The molecular formula is C16H24FNO3. The van der Waals surface area contributed by atoms with Crippen LogP contribution in [0.25, 0.3) is 0 Å². The quantitative estimate of drug-likeness (QED) is 0.717. The number of nitrogens with one attached hydrogen (secondary N) is 1. The van der Waals surface area contributed by atoms with Gasteiger partial charge in [-0.05, 0) is 43.0 Å². The average molecular weight is 297 g/mol. The van der Waals surface area contributed by atoms with Crippen molar-refractivity contribution in [2.75, 3.05) is 19.7 Å². The molecule has 0 spiro atoms. The van der Waals surface area contributed by atoms with Gasteiger partial charge in [-0.15, -0.1) is 0 Å². The van der Waals surface area contributed by atoms with Crippen LogP contribution in [0, 0.1) is 11.7 Å². The van der Waals surface area contributed by atoms with E-state index in [1.165, 1.54) is 30.7 Å². The first-order valence-corrected chi connectivity index (χ1v) is 7.60. The van der Waals surface area contributed by atoms with E-state index in [1.807, 2.05) is 0 Å². The molecule has 5 heteroatoms. The number of aliphatic hydroxyl groups is 2. The molecule has 1 aliphatic rings. The summed E-state index contributed by atoms with van der Waals surface area (Å²) in [7, 11) is 0. The number of ether oxygens (including phenoxy) is 1. The van der Waals surface area contributed by atoms with Gasteiger partial charge in [0.15, 0.2) is 0 Å². The van der Waals surface area contributed by atoms with Gasteiger partial charge in [0.25, 0.3) is 0 Å². The molecule has 0 saturated heterocycles. The van der Waals surface area contributed by atoms with Crippen LogP contribution in [0.15, 0.2) is 24.3 Å². The lowest BCUT2D eigenvalue weighted by atomic mass is 9.86. The molecule has 21 heavy (non-hydrogen) atoms. The Balaban J connectivity index is 1.61. The van der Waals surface area contributed by atoms with Crippen molar-refractivity contribution in [1.82, 2.24) is 5.32 Å². The van der Waals surface area contributed by atoms with Crippen LogP contribution in [-0.4, -0.2) is 42.1 Å². The number of benzene rings is 1. The van der Waals surface area contributed by atoms with Crippen molar-refractivity contribution in [3.05, 3.63) is 30.1 Å². The van der Waals surface area contributed by atoms with Gasteiger partial charge >= 0.3 is 0 Å². The smallest absolute Gasteiger partial charge is 0.123 e. The van der Waals surface area contributed by atoms with Gasteiger partial charge in [-0.2, -0.15) is 0 Å². The lowest BCUT2D eigenvalue weighted by molar-refractivity contribution is 0.0635. The van der Waals surface area contributed by atoms with E-state index in [9.17, 15) is 14.6 Å². The molecular weight excluding hydrogens is 273 g/mol. The van der Waals surface area contributed by atoms with E-state index in [0.29, 0.717) is 12.3 Å². The minimum Gasteiger partial charge on any atom is -0.491 e. The molecule has 0 aliphatic heterocycles. The average Bonchev–Trinajstić information content (AvgIpc) is 2.49. The zero-order valence-corrected chi connectivity index (χ0v) is 12.2. The molecule has 3 unspecified atom stereocenters. The zero-order chi connectivity index (χ0) is 15.1. The Morgan fingerprint density at radius 3 is 2.67 bits per heavy atom. The SMILES string of the molecule is OC(CNCC1CCCCC1O)COc1ccc(F)cc1. The molecule has 0 radical (unpaired) electrons. The van der Waals surface area contributed by atoms with E-state index in [2.05, 4.69) is 5.32 Å². The van der Waals surface area contributed by atoms with Gasteiger partial charge < -0.3 is 20.3 Å². The maximum Gasteiger partial charge on any atom is 0.123 e. The van der Waals surface area contributed by atoms with Gasteiger partial charge in [-0.25, -0.2) is 4.39 Å². The van der Waals surface area contributed by atoms with Gasteiger partial charge in [-0.1, -0.05) is 12.8 Å². The maximum absolute atomic E-state index is 12.7. The van der Waals surface area contributed by atoms with Crippen molar-refractivity contribution in [2.45, 2.75) is 37.9 Å². The molecule has 3 N–H and O–H groups in total. The molecule has 4 nitrogen and oxygen atoms in total. The Morgan fingerprint density at radius 2 is 1.95 bits per heavy atom. The van der Waals surface area contributed by atoms with E-state index in [0.717, 1.165) is 25.8 Å². The summed E-state index contributed by atoms with van der Waals surface area (Å²) in [6.07, 6.45) is 3.33. The van der Waals surface area contributed by atoms with Crippen molar-refractivity contribution in [1.29, 1.82) is 0 Å². The van der Waals surface area contributed by atoms with Gasteiger partial charge in [0.2, 0.25) is 0 Å². The Morgan fingerprint density at radius 1 is 1.24 bits per heavy atom. The van der Waals surface area contributed by atoms with E-state index in [4.69, 9.17) is 4.74 Å². The summed E-state index contributed by atoms with van der Waals surface area (Å²) < 4.78 is 18.1. The predicted molar refractivity (Wildman–Crippen MR) is 78.7 cm³/mol. The second-order valence-electron chi connectivity index (χ2n) is 5.69. The first-order valence-electron chi connectivity index (χ1n) is 7.60. The van der Waals surface area contributed by atoms with Crippen LogP contribution in [-0.2, 0) is 0 Å². The van der Waals surface area contributed by atoms with E-state index in [-0.39, 0.29) is 24.4 Å². The highest BCUT2D eigenvalue weighted by Crippen LogP contribution is 2.23. The Labute approximate surface area is 124 Å². The first kappa shape index (κ1) is 16.2. The number of hydrogen-bond donors (Lipinski definition) is 3. The predicted octanol–water partition coefficient (Wildman–Crippen LogP) is 1.71. The van der Waals surface area contributed by atoms with Crippen LogP contribution in [0.2, 0.25) is 0 Å². The van der Waals surface area contributed by atoms with Crippen LogP contribution in [0.3, 0.4) is 0 Å². The molecule has 1 aliphatic carbocycles. The van der Waals surface area contributed by atoms with Crippen molar-refractivity contribution in [3.63, 3.8) is 0 Å². The fourth-order valence-corrected chi connectivity index (χ4v) is 2.64. The van der Waals surface area contributed by atoms with E-state index >= 15 is 0 Å². The number of halogens is 1. The largest absolute Gasteiger partial charge is 0.491 e. The molecule has 0 amide bonds. The summed E-state index contributed by atoms with van der Waals surface area (Å²) in [6, 6.07) is 5.72. The summed E-state index contributed by atoms with van der Waals surface area (Å²) in [5.41, 5.74) is 0. The zero-order valence-electron chi connectivity index (χ0n) is 12.2. The van der Waals surface area contributed by atoms with Crippen molar-refractivity contribution in [3.8, 4) is 5.75 Å². The fourth-order valence-electron chi connectivity index (χ4n) is 2.64.